The van der Waals surface area contributed by atoms with Crippen molar-refractivity contribution in [1.29, 1.82) is 5.26 Å². The molecule has 0 aliphatic carbocycles. The van der Waals surface area contributed by atoms with Gasteiger partial charge in [-0.15, -0.1) is 0 Å². The first-order valence-electron chi connectivity index (χ1n) is 9.84. The Kier molecular flexibility index (Phi) is 6.90. The third-order valence-corrected chi connectivity index (χ3v) is 4.97. The molecule has 1 atom stereocenters. The van der Waals surface area contributed by atoms with Gasteiger partial charge in [-0.3, -0.25) is 0 Å². The minimum atomic E-state index is -0.878. The molecule has 0 radical (unpaired) electrons. The molecule has 3 rings (SSSR count). The van der Waals surface area contributed by atoms with Gasteiger partial charge in [-0.2, -0.15) is 5.26 Å². The summed E-state index contributed by atoms with van der Waals surface area (Å²) in [5.74, 6) is -0.256. The smallest absolute Gasteiger partial charge is 0.338 e. The number of benzene rings is 2. The second-order valence-electron chi connectivity index (χ2n) is 6.71. The van der Waals surface area contributed by atoms with Crippen molar-refractivity contribution < 1.29 is 28.5 Å². The Morgan fingerprint density at radius 2 is 1.72 bits per heavy atom. The van der Waals surface area contributed by atoms with Crippen LogP contribution >= 0.6 is 0 Å². The Hall–Kier alpha value is -4.12. The fraction of sp³-hybridized carbons (Fsp3) is 0.250. The summed E-state index contributed by atoms with van der Waals surface area (Å²) >= 11 is 0. The van der Waals surface area contributed by atoms with Crippen LogP contribution in [0.4, 0.5) is 0 Å². The van der Waals surface area contributed by atoms with Crippen molar-refractivity contribution in [2.45, 2.75) is 12.8 Å². The SMILES string of the molecule is CCOC(=O)C1=C(c2ccccc2)OC(N)=C(C#N)C1c1cc(OC)c(OC)c(OC)c1. The molecule has 0 saturated heterocycles. The van der Waals surface area contributed by atoms with Crippen LogP contribution in [0.1, 0.15) is 24.0 Å². The molecule has 166 valence electrons. The van der Waals surface area contributed by atoms with Gasteiger partial charge in [0.05, 0.1) is 39.4 Å². The standard InChI is InChI=1S/C24H24N2O6/c1-5-31-24(27)20-19(15-11-17(28-2)22(30-4)18(12-15)29-3)16(13-25)23(26)32-21(20)14-9-7-6-8-10-14/h6-12,19H,5,26H2,1-4H3. The molecule has 1 aliphatic rings. The summed E-state index contributed by atoms with van der Waals surface area (Å²) < 4.78 is 27.4. The Labute approximate surface area is 186 Å². The van der Waals surface area contributed by atoms with E-state index in [2.05, 4.69) is 6.07 Å². The lowest BCUT2D eigenvalue weighted by atomic mass is 9.81. The van der Waals surface area contributed by atoms with Crippen molar-refractivity contribution in [2.24, 2.45) is 5.73 Å². The van der Waals surface area contributed by atoms with E-state index in [-0.39, 0.29) is 29.4 Å². The van der Waals surface area contributed by atoms with Crippen LogP contribution in [-0.2, 0) is 14.3 Å². The van der Waals surface area contributed by atoms with Crippen molar-refractivity contribution in [3.05, 3.63) is 70.6 Å². The first-order chi connectivity index (χ1) is 15.5. The Balaban J connectivity index is 2.35. The van der Waals surface area contributed by atoms with Crippen molar-refractivity contribution in [3.63, 3.8) is 0 Å². The number of nitrogens with zero attached hydrogens (tertiary/aromatic N) is 1. The molecule has 8 nitrogen and oxygen atoms in total. The molecule has 2 aromatic carbocycles. The van der Waals surface area contributed by atoms with Gasteiger partial charge in [-0.25, -0.2) is 4.79 Å². The third-order valence-electron chi connectivity index (χ3n) is 4.97. The average molecular weight is 436 g/mol. The van der Waals surface area contributed by atoms with E-state index in [4.69, 9.17) is 29.4 Å². The molecule has 2 N–H and O–H groups in total. The van der Waals surface area contributed by atoms with Gasteiger partial charge >= 0.3 is 5.97 Å². The van der Waals surface area contributed by atoms with Crippen LogP contribution in [0.15, 0.2) is 59.5 Å². The molecule has 32 heavy (non-hydrogen) atoms. The van der Waals surface area contributed by atoms with Crippen LogP contribution in [0, 0.1) is 11.3 Å². The van der Waals surface area contributed by atoms with Gasteiger partial charge in [0.2, 0.25) is 11.6 Å². The molecule has 1 heterocycles. The van der Waals surface area contributed by atoms with Gasteiger partial charge in [0.1, 0.15) is 17.4 Å². The monoisotopic (exact) mass is 436 g/mol. The fourth-order valence-corrected chi connectivity index (χ4v) is 3.58. The molecule has 1 aliphatic heterocycles. The molecule has 0 aromatic heterocycles. The summed E-state index contributed by atoms with van der Waals surface area (Å²) in [6.07, 6.45) is 0. The van der Waals surface area contributed by atoms with Gasteiger partial charge < -0.3 is 29.4 Å². The minimum absolute atomic E-state index is 0.0713. The number of hydrogen-bond donors (Lipinski definition) is 1. The maximum atomic E-state index is 13.1. The molecular formula is C24H24N2O6. The minimum Gasteiger partial charge on any atom is -0.493 e. The van der Waals surface area contributed by atoms with Gasteiger partial charge in [-0.1, -0.05) is 30.3 Å². The zero-order valence-electron chi connectivity index (χ0n) is 18.3. The van der Waals surface area contributed by atoms with E-state index in [1.54, 1.807) is 31.2 Å². The van der Waals surface area contributed by atoms with E-state index in [0.717, 1.165) is 0 Å². The number of esters is 1. The van der Waals surface area contributed by atoms with Gasteiger partial charge in [0, 0.05) is 5.56 Å². The predicted octanol–water partition coefficient (Wildman–Crippen LogP) is 3.49. The number of carbonyl (C=O) groups excluding carboxylic acids is 1. The predicted molar refractivity (Wildman–Crippen MR) is 117 cm³/mol. The first-order valence-corrected chi connectivity index (χ1v) is 9.84. The van der Waals surface area contributed by atoms with E-state index in [1.165, 1.54) is 21.3 Å². The number of carbonyl (C=O) groups is 1. The summed E-state index contributed by atoms with van der Waals surface area (Å²) in [5.41, 5.74) is 7.51. The second kappa shape index (κ2) is 9.79. The summed E-state index contributed by atoms with van der Waals surface area (Å²) in [6.45, 7) is 1.85. The Morgan fingerprint density at radius 1 is 1.09 bits per heavy atom. The first kappa shape index (κ1) is 22.6. The molecule has 2 aromatic rings. The number of nitrogens with two attached hydrogens (primary N) is 1. The molecule has 0 saturated carbocycles. The average Bonchev–Trinajstić information content (AvgIpc) is 2.82. The van der Waals surface area contributed by atoms with E-state index in [0.29, 0.717) is 28.4 Å². The van der Waals surface area contributed by atoms with Crippen LogP contribution in [-0.4, -0.2) is 33.9 Å². The molecular weight excluding hydrogens is 412 g/mol. The zero-order chi connectivity index (χ0) is 23.3. The van der Waals surface area contributed by atoms with E-state index >= 15 is 0 Å². The van der Waals surface area contributed by atoms with Crippen molar-refractivity contribution in [3.8, 4) is 23.3 Å². The lowest BCUT2D eigenvalue weighted by Gasteiger charge is -2.29. The van der Waals surface area contributed by atoms with Crippen molar-refractivity contribution in [2.75, 3.05) is 27.9 Å². The number of hydrogen-bond acceptors (Lipinski definition) is 8. The van der Waals surface area contributed by atoms with Gasteiger partial charge in [0.25, 0.3) is 0 Å². The number of methoxy groups -OCH3 is 3. The summed E-state index contributed by atoms with van der Waals surface area (Å²) in [5, 5.41) is 9.90. The van der Waals surface area contributed by atoms with E-state index in [1.807, 2.05) is 18.2 Å². The molecule has 1 unspecified atom stereocenters. The summed E-state index contributed by atoms with van der Waals surface area (Å²) in [6, 6.07) is 14.4. The molecule has 0 spiro atoms. The Bertz CT molecular complexity index is 1090. The highest BCUT2D eigenvalue weighted by atomic mass is 16.5. The van der Waals surface area contributed by atoms with Crippen LogP contribution in [0.5, 0.6) is 17.2 Å². The lowest BCUT2D eigenvalue weighted by Crippen LogP contribution is -2.26. The van der Waals surface area contributed by atoms with Crippen LogP contribution in [0.2, 0.25) is 0 Å². The summed E-state index contributed by atoms with van der Waals surface area (Å²) in [4.78, 5) is 13.1. The number of nitriles is 1. The van der Waals surface area contributed by atoms with Crippen LogP contribution in [0.3, 0.4) is 0 Å². The second-order valence-corrected chi connectivity index (χ2v) is 6.71. The lowest BCUT2D eigenvalue weighted by molar-refractivity contribution is -0.138. The maximum Gasteiger partial charge on any atom is 0.338 e. The van der Waals surface area contributed by atoms with Crippen molar-refractivity contribution in [1.82, 2.24) is 0 Å². The van der Waals surface area contributed by atoms with Gasteiger partial charge in [-0.05, 0) is 24.6 Å². The normalized spacial score (nSPS) is 15.5. The third kappa shape index (κ3) is 4.05. The molecule has 0 fully saturated rings. The highest BCUT2D eigenvalue weighted by molar-refractivity contribution is 6.00. The molecule has 0 bridgehead atoms. The molecule has 8 heteroatoms. The zero-order valence-corrected chi connectivity index (χ0v) is 18.3. The quantitative estimate of drug-likeness (QED) is 0.656. The highest BCUT2D eigenvalue weighted by Crippen LogP contribution is 2.47. The molecule has 0 amide bonds. The largest absolute Gasteiger partial charge is 0.493 e. The number of ether oxygens (including phenoxy) is 5. The fourth-order valence-electron chi connectivity index (χ4n) is 3.58. The summed E-state index contributed by atoms with van der Waals surface area (Å²) in [7, 11) is 4.46. The van der Waals surface area contributed by atoms with E-state index < -0.39 is 11.9 Å². The topological polar surface area (TPSA) is 113 Å². The highest BCUT2D eigenvalue weighted by Gasteiger charge is 2.39. The van der Waals surface area contributed by atoms with Crippen molar-refractivity contribution >= 4 is 11.7 Å². The maximum absolute atomic E-state index is 13.1. The number of rotatable bonds is 7. The van der Waals surface area contributed by atoms with Crippen LogP contribution < -0.4 is 19.9 Å². The van der Waals surface area contributed by atoms with Gasteiger partial charge in [0.15, 0.2) is 11.5 Å². The van der Waals surface area contributed by atoms with E-state index in [9.17, 15) is 10.1 Å². The number of allylic oxidation sites excluding steroid dienone is 1. The Morgan fingerprint density at radius 3 is 2.22 bits per heavy atom. The van der Waals surface area contributed by atoms with Crippen LogP contribution in [0.25, 0.3) is 5.76 Å².